The molecule has 0 aliphatic heterocycles. The van der Waals surface area contributed by atoms with Crippen molar-refractivity contribution in [3.8, 4) is 5.75 Å². The molecule has 4 rings (SSSR count). The van der Waals surface area contributed by atoms with Gasteiger partial charge in [-0.3, -0.25) is 0 Å². The van der Waals surface area contributed by atoms with E-state index in [2.05, 4.69) is 4.98 Å². The molecule has 0 saturated heterocycles. The van der Waals surface area contributed by atoms with Gasteiger partial charge in [-0.2, -0.15) is 26.3 Å². The standard InChI is InChI=1S/C28H21ClF7NO3/c1-2-39-26(38)24-12-17(28(34,35)36)11-23(37-24)20-5-3-4-19(20)21-10-16(27(31,32)33)7-9-25(21)40-14-15-6-8-18(30)13-22(15)29/h6-13H,2-5,14H2,1H3. The first-order chi connectivity index (χ1) is 18.8. The van der Waals surface area contributed by atoms with Crippen LogP contribution in [0.1, 0.15) is 64.6 Å². The van der Waals surface area contributed by atoms with E-state index in [-0.39, 0.29) is 53.7 Å². The quantitative estimate of drug-likeness (QED) is 0.205. The van der Waals surface area contributed by atoms with Gasteiger partial charge in [0.1, 0.15) is 23.9 Å². The number of alkyl halides is 6. The number of pyridine rings is 1. The molecule has 0 saturated carbocycles. The van der Waals surface area contributed by atoms with Crippen LogP contribution in [0.15, 0.2) is 48.5 Å². The molecule has 1 aliphatic carbocycles. The van der Waals surface area contributed by atoms with Gasteiger partial charge >= 0.3 is 18.3 Å². The number of hydrogen-bond donors (Lipinski definition) is 0. The van der Waals surface area contributed by atoms with Crippen LogP contribution in [0.4, 0.5) is 30.7 Å². The van der Waals surface area contributed by atoms with Gasteiger partial charge in [-0.25, -0.2) is 14.2 Å². The zero-order valence-corrected chi connectivity index (χ0v) is 21.6. The Morgan fingerprint density at radius 3 is 2.27 bits per heavy atom. The van der Waals surface area contributed by atoms with Gasteiger partial charge in [-0.15, -0.1) is 0 Å². The van der Waals surface area contributed by atoms with Gasteiger partial charge in [0.15, 0.2) is 0 Å². The summed E-state index contributed by atoms with van der Waals surface area (Å²) in [6.07, 6.45) is -8.70. The van der Waals surface area contributed by atoms with Gasteiger partial charge in [0.2, 0.25) is 0 Å². The summed E-state index contributed by atoms with van der Waals surface area (Å²) in [5.41, 5.74) is -1.98. The Kier molecular flexibility index (Phi) is 8.44. The van der Waals surface area contributed by atoms with Crippen LogP contribution in [0, 0.1) is 5.82 Å². The first kappa shape index (κ1) is 29.4. The predicted molar refractivity (Wildman–Crippen MR) is 133 cm³/mol. The second-order valence-corrected chi connectivity index (χ2v) is 9.30. The van der Waals surface area contributed by atoms with Crippen LogP contribution in [-0.2, 0) is 23.7 Å². The average Bonchev–Trinajstić information content (AvgIpc) is 3.37. The number of esters is 1. The molecule has 3 aromatic rings. The number of hydrogen-bond acceptors (Lipinski definition) is 4. The number of carbonyl (C=O) groups is 1. The molecule has 0 unspecified atom stereocenters. The molecule has 2 aromatic carbocycles. The van der Waals surface area contributed by atoms with Crippen LogP contribution in [-0.4, -0.2) is 17.6 Å². The van der Waals surface area contributed by atoms with Crippen molar-refractivity contribution in [1.29, 1.82) is 0 Å². The monoisotopic (exact) mass is 587 g/mol. The van der Waals surface area contributed by atoms with Crippen LogP contribution in [0.2, 0.25) is 5.02 Å². The van der Waals surface area contributed by atoms with Crippen molar-refractivity contribution >= 4 is 28.7 Å². The largest absolute Gasteiger partial charge is 0.488 e. The Morgan fingerprint density at radius 2 is 1.62 bits per heavy atom. The van der Waals surface area contributed by atoms with Crippen LogP contribution in [0.5, 0.6) is 5.75 Å². The number of ether oxygens (including phenoxy) is 2. The van der Waals surface area contributed by atoms with Gasteiger partial charge in [0.25, 0.3) is 0 Å². The fraction of sp³-hybridized carbons (Fsp3) is 0.286. The molecule has 4 nitrogen and oxygen atoms in total. The number of benzene rings is 2. The first-order valence-electron chi connectivity index (χ1n) is 12.0. The summed E-state index contributed by atoms with van der Waals surface area (Å²) >= 11 is 6.05. The SMILES string of the molecule is CCOC(=O)c1cc(C(F)(F)F)cc(C2=C(c3cc(C(F)(F)F)ccc3OCc3ccc(F)cc3Cl)CCC2)n1. The lowest BCUT2D eigenvalue weighted by Gasteiger charge is -2.18. The molecule has 1 aromatic heterocycles. The molecular weight excluding hydrogens is 567 g/mol. The molecule has 12 heteroatoms. The van der Waals surface area contributed by atoms with E-state index in [9.17, 15) is 35.5 Å². The van der Waals surface area contributed by atoms with Crippen molar-refractivity contribution in [3.63, 3.8) is 0 Å². The van der Waals surface area contributed by atoms with E-state index in [1.54, 1.807) is 0 Å². The molecular formula is C28H21ClF7NO3. The lowest BCUT2D eigenvalue weighted by molar-refractivity contribution is -0.138. The van der Waals surface area contributed by atoms with Crippen molar-refractivity contribution in [3.05, 3.63) is 93.0 Å². The van der Waals surface area contributed by atoms with Crippen molar-refractivity contribution in [2.24, 2.45) is 0 Å². The molecule has 1 heterocycles. The normalized spacial score (nSPS) is 14.0. The van der Waals surface area contributed by atoms with Crippen LogP contribution < -0.4 is 4.74 Å². The molecule has 0 radical (unpaired) electrons. The summed E-state index contributed by atoms with van der Waals surface area (Å²) in [7, 11) is 0. The van der Waals surface area contributed by atoms with Gasteiger partial charge in [-0.1, -0.05) is 17.7 Å². The zero-order chi connectivity index (χ0) is 29.2. The third-order valence-electron chi connectivity index (χ3n) is 6.19. The number of aromatic nitrogens is 1. The van der Waals surface area contributed by atoms with E-state index in [1.807, 2.05) is 0 Å². The Labute approximate surface area is 229 Å². The third-order valence-corrected chi connectivity index (χ3v) is 6.55. The van der Waals surface area contributed by atoms with Gasteiger partial charge in [-0.05, 0) is 79.8 Å². The topological polar surface area (TPSA) is 48.4 Å². The van der Waals surface area contributed by atoms with Crippen molar-refractivity contribution < 1.29 is 45.0 Å². The minimum absolute atomic E-state index is 0.0115. The number of allylic oxidation sites excluding steroid dienone is 2. The maximum absolute atomic E-state index is 13.7. The van der Waals surface area contributed by atoms with E-state index >= 15 is 0 Å². The number of carbonyl (C=O) groups excluding carboxylic acids is 1. The first-order valence-corrected chi connectivity index (χ1v) is 12.4. The fourth-order valence-electron chi connectivity index (χ4n) is 4.34. The highest BCUT2D eigenvalue weighted by atomic mass is 35.5. The van der Waals surface area contributed by atoms with Gasteiger partial charge in [0.05, 0.1) is 28.5 Å². The minimum Gasteiger partial charge on any atom is -0.488 e. The Morgan fingerprint density at radius 1 is 0.925 bits per heavy atom. The fourth-order valence-corrected chi connectivity index (χ4v) is 4.57. The van der Waals surface area contributed by atoms with Crippen molar-refractivity contribution in [2.75, 3.05) is 6.61 Å². The summed E-state index contributed by atoms with van der Waals surface area (Å²) in [5, 5.41) is 0.0499. The maximum atomic E-state index is 13.7. The summed E-state index contributed by atoms with van der Waals surface area (Å²) in [6, 6.07) is 7.71. The smallest absolute Gasteiger partial charge is 0.416 e. The molecule has 0 spiro atoms. The molecule has 1 aliphatic rings. The lowest BCUT2D eigenvalue weighted by Crippen LogP contribution is -2.13. The van der Waals surface area contributed by atoms with E-state index < -0.39 is 41.0 Å². The maximum Gasteiger partial charge on any atom is 0.416 e. The molecule has 0 fully saturated rings. The van der Waals surface area contributed by atoms with E-state index in [0.29, 0.717) is 23.6 Å². The van der Waals surface area contributed by atoms with E-state index in [1.165, 1.54) is 13.0 Å². The predicted octanol–water partition coefficient (Wildman–Crippen LogP) is 8.76. The third kappa shape index (κ3) is 6.57. The number of nitrogens with zero attached hydrogens (tertiary/aromatic N) is 1. The number of rotatable bonds is 7. The minimum atomic E-state index is -4.82. The van der Waals surface area contributed by atoms with Crippen LogP contribution in [0.3, 0.4) is 0 Å². The molecule has 212 valence electrons. The zero-order valence-electron chi connectivity index (χ0n) is 20.9. The summed E-state index contributed by atoms with van der Waals surface area (Å²) in [4.78, 5) is 16.4. The molecule has 40 heavy (non-hydrogen) atoms. The second-order valence-electron chi connectivity index (χ2n) is 8.89. The van der Waals surface area contributed by atoms with Crippen LogP contribution in [0.25, 0.3) is 11.1 Å². The highest BCUT2D eigenvalue weighted by Crippen LogP contribution is 2.45. The highest BCUT2D eigenvalue weighted by molar-refractivity contribution is 6.31. The number of halogens is 8. The van der Waals surface area contributed by atoms with Gasteiger partial charge < -0.3 is 9.47 Å². The molecule has 0 bridgehead atoms. The Bertz CT molecular complexity index is 1470. The van der Waals surface area contributed by atoms with Crippen LogP contribution >= 0.6 is 11.6 Å². The Hall–Kier alpha value is -3.60. The Balaban J connectivity index is 1.85. The summed E-state index contributed by atoms with van der Waals surface area (Å²) in [6.45, 7) is 1.18. The highest BCUT2D eigenvalue weighted by Gasteiger charge is 2.35. The van der Waals surface area contributed by atoms with Crippen molar-refractivity contribution in [2.45, 2.75) is 45.1 Å². The average molecular weight is 588 g/mol. The molecule has 0 atom stereocenters. The second kappa shape index (κ2) is 11.5. The van der Waals surface area contributed by atoms with E-state index in [0.717, 1.165) is 36.4 Å². The molecule has 0 amide bonds. The summed E-state index contributed by atoms with van der Waals surface area (Å²) in [5.74, 6) is -1.63. The lowest BCUT2D eigenvalue weighted by atomic mass is 9.96. The molecule has 0 N–H and O–H groups in total. The van der Waals surface area contributed by atoms with Crippen molar-refractivity contribution in [1.82, 2.24) is 4.98 Å². The van der Waals surface area contributed by atoms with E-state index in [4.69, 9.17) is 21.1 Å². The summed E-state index contributed by atoms with van der Waals surface area (Å²) < 4.78 is 106. The van der Waals surface area contributed by atoms with Gasteiger partial charge in [0, 0.05) is 11.1 Å².